The Bertz CT molecular complexity index is 415. The van der Waals surface area contributed by atoms with Crippen LogP contribution in [-0.4, -0.2) is 37.0 Å². The predicted octanol–water partition coefficient (Wildman–Crippen LogP) is 1.14. The highest BCUT2D eigenvalue weighted by atomic mass is 16.7. The molecule has 1 fully saturated rings. The van der Waals surface area contributed by atoms with E-state index in [9.17, 15) is 5.11 Å². The number of aliphatic hydroxyl groups is 1. The van der Waals surface area contributed by atoms with E-state index in [0.717, 1.165) is 5.56 Å². The van der Waals surface area contributed by atoms with E-state index in [4.69, 9.17) is 18.5 Å². The van der Waals surface area contributed by atoms with E-state index in [-0.39, 0.29) is 6.29 Å². The van der Waals surface area contributed by atoms with Crippen molar-refractivity contribution in [1.29, 1.82) is 0 Å². The first-order valence-electron chi connectivity index (χ1n) is 6.35. The Kier molecular flexibility index (Phi) is 4.06. The summed E-state index contributed by atoms with van der Waals surface area (Å²) in [5.74, 6) is 0. The molecule has 1 aromatic heterocycles. The average Bonchev–Trinajstić information content (AvgIpc) is 2.96. The highest BCUT2D eigenvalue weighted by Crippen LogP contribution is 2.25. The molecule has 0 spiro atoms. The van der Waals surface area contributed by atoms with Crippen molar-refractivity contribution >= 4 is 13.1 Å². The van der Waals surface area contributed by atoms with Gasteiger partial charge in [0.2, 0.25) is 0 Å². The van der Waals surface area contributed by atoms with E-state index in [2.05, 4.69) is 0 Å². The van der Waals surface area contributed by atoms with Gasteiger partial charge in [-0.05, 0) is 33.8 Å². The maximum Gasteiger partial charge on any atom is 0.376 e. The molecule has 1 aliphatic heterocycles. The summed E-state index contributed by atoms with van der Waals surface area (Å²) < 4.78 is 21.7. The summed E-state index contributed by atoms with van der Waals surface area (Å²) >= 11 is 0. The summed E-state index contributed by atoms with van der Waals surface area (Å²) in [6.45, 7) is 8.23. The Balaban J connectivity index is 1.93. The molecule has 1 N–H and O–H groups in total. The van der Waals surface area contributed by atoms with E-state index in [1.54, 1.807) is 26.2 Å². The first kappa shape index (κ1) is 14.6. The summed E-state index contributed by atoms with van der Waals surface area (Å²) in [6, 6.07) is 1.80. The van der Waals surface area contributed by atoms with Gasteiger partial charge in [-0.1, -0.05) is 0 Å². The fourth-order valence-corrected chi connectivity index (χ4v) is 1.45. The maximum atomic E-state index is 9.99. The standard InChI is InChI=1S/C13H20BO5/c1-12(2,15)13(3,4)19-14-10-7-9(8-18-10)11-16-5-6-17-11/h7-8,11,15H,5-6H2,1-4H3. The average molecular weight is 267 g/mol. The van der Waals surface area contributed by atoms with Crippen molar-refractivity contribution in [2.24, 2.45) is 0 Å². The highest BCUT2D eigenvalue weighted by Gasteiger charge is 2.36. The molecule has 0 aliphatic carbocycles. The first-order chi connectivity index (χ1) is 8.79. The van der Waals surface area contributed by atoms with Crippen LogP contribution in [0.1, 0.15) is 39.5 Å². The van der Waals surface area contributed by atoms with Crippen molar-refractivity contribution in [1.82, 2.24) is 0 Å². The number of hydrogen-bond acceptors (Lipinski definition) is 5. The van der Waals surface area contributed by atoms with E-state index >= 15 is 0 Å². The minimum atomic E-state index is -0.962. The van der Waals surface area contributed by atoms with Gasteiger partial charge in [0.15, 0.2) is 6.29 Å². The molecule has 5 nitrogen and oxygen atoms in total. The van der Waals surface area contributed by atoms with Gasteiger partial charge in [0, 0.05) is 5.56 Å². The minimum Gasteiger partial charge on any atom is -0.476 e. The summed E-state index contributed by atoms with van der Waals surface area (Å²) in [4.78, 5) is 0. The lowest BCUT2D eigenvalue weighted by Gasteiger charge is -2.37. The topological polar surface area (TPSA) is 61.1 Å². The normalized spacial score (nSPS) is 17.9. The maximum absolute atomic E-state index is 9.99. The Morgan fingerprint density at radius 1 is 1.26 bits per heavy atom. The third-order valence-electron chi connectivity index (χ3n) is 3.48. The van der Waals surface area contributed by atoms with Crippen LogP contribution in [0.5, 0.6) is 0 Å². The van der Waals surface area contributed by atoms with E-state index in [0.29, 0.717) is 18.9 Å². The lowest BCUT2D eigenvalue weighted by atomic mass is 9.85. The zero-order chi connectivity index (χ0) is 14.1. The van der Waals surface area contributed by atoms with Crippen molar-refractivity contribution in [3.8, 4) is 0 Å². The second-order valence-corrected chi connectivity index (χ2v) is 5.66. The summed E-state index contributed by atoms with van der Waals surface area (Å²) in [6.07, 6.45) is 1.23. The van der Waals surface area contributed by atoms with Gasteiger partial charge in [0.1, 0.15) is 0 Å². The van der Waals surface area contributed by atoms with Crippen LogP contribution in [0, 0.1) is 0 Å². The number of rotatable bonds is 5. The Labute approximate surface area is 114 Å². The number of ether oxygens (including phenoxy) is 2. The fourth-order valence-electron chi connectivity index (χ4n) is 1.45. The van der Waals surface area contributed by atoms with Gasteiger partial charge < -0.3 is 23.7 Å². The van der Waals surface area contributed by atoms with Gasteiger partial charge in [0.05, 0.1) is 36.3 Å². The molecule has 2 heterocycles. The van der Waals surface area contributed by atoms with Gasteiger partial charge in [-0.25, -0.2) is 0 Å². The molecule has 6 heteroatoms. The van der Waals surface area contributed by atoms with Crippen molar-refractivity contribution < 1.29 is 23.7 Å². The van der Waals surface area contributed by atoms with Crippen molar-refractivity contribution in [2.45, 2.75) is 45.2 Å². The monoisotopic (exact) mass is 267 g/mol. The largest absolute Gasteiger partial charge is 0.476 e. The highest BCUT2D eigenvalue weighted by molar-refractivity contribution is 6.45. The SMILES string of the molecule is CC(C)(O)C(C)(C)O[B]c1cc(C2OCCO2)co1. The quantitative estimate of drug-likeness (QED) is 0.810. The van der Waals surface area contributed by atoms with Crippen LogP contribution in [0.2, 0.25) is 0 Å². The molecule has 105 valence electrons. The Hall–Kier alpha value is -0.815. The second kappa shape index (κ2) is 5.29. The van der Waals surface area contributed by atoms with Crippen LogP contribution in [0.4, 0.5) is 0 Å². The zero-order valence-corrected chi connectivity index (χ0v) is 11.8. The molecule has 0 unspecified atom stereocenters. The molecule has 1 aromatic rings. The zero-order valence-electron chi connectivity index (χ0n) is 11.8. The Morgan fingerprint density at radius 3 is 2.47 bits per heavy atom. The molecule has 1 aliphatic rings. The van der Waals surface area contributed by atoms with E-state index < -0.39 is 11.2 Å². The van der Waals surface area contributed by atoms with Crippen molar-refractivity contribution in [2.75, 3.05) is 13.2 Å². The lowest BCUT2D eigenvalue weighted by Crippen LogP contribution is -2.49. The number of hydrogen-bond donors (Lipinski definition) is 1. The van der Waals surface area contributed by atoms with Crippen LogP contribution in [-0.2, 0) is 14.1 Å². The van der Waals surface area contributed by atoms with Crippen LogP contribution in [0.25, 0.3) is 0 Å². The third-order valence-corrected chi connectivity index (χ3v) is 3.48. The molecule has 0 atom stereocenters. The molecule has 2 rings (SSSR count). The van der Waals surface area contributed by atoms with Gasteiger partial charge >= 0.3 is 7.48 Å². The van der Waals surface area contributed by atoms with Crippen LogP contribution in [0.3, 0.4) is 0 Å². The van der Waals surface area contributed by atoms with Crippen LogP contribution >= 0.6 is 0 Å². The summed E-state index contributed by atoms with van der Waals surface area (Å²) in [5, 5.41) is 9.99. The van der Waals surface area contributed by atoms with Gasteiger partial charge in [-0.3, -0.25) is 0 Å². The molecular weight excluding hydrogens is 247 g/mol. The van der Waals surface area contributed by atoms with Gasteiger partial charge in [-0.2, -0.15) is 0 Å². The second-order valence-electron chi connectivity index (χ2n) is 5.66. The van der Waals surface area contributed by atoms with Crippen molar-refractivity contribution in [3.05, 3.63) is 17.9 Å². The number of furan rings is 1. The summed E-state index contributed by atoms with van der Waals surface area (Å²) in [7, 11) is 1.50. The Morgan fingerprint density at radius 2 is 1.89 bits per heavy atom. The van der Waals surface area contributed by atoms with Gasteiger partial charge in [-0.15, -0.1) is 0 Å². The van der Waals surface area contributed by atoms with Crippen LogP contribution < -0.4 is 5.66 Å². The lowest BCUT2D eigenvalue weighted by molar-refractivity contribution is -0.0895. The molecular formula is C13H20BO5. The molecule has 0 saturated carbocycles. The van der Waals surface area contributed by atoms with Crippen LogP contribution in [0.15, 0.2) is 16.7 Å². The van der Waals surface area contributed by atoms with Crippen molar-refractivity contribution in [3.63, 3.8) is 0 Å². The molecule has 1 saturated heterocycles. The van der Waals surface area contributed by atoms with E-state index in [1.165, 1.54) is 7.48 Å². The summed E-state index contributed by atoms with van der Waals surface area (Å²) in [5.41, 5.74) is -0.295. The molecule has 1 radical (unpaired) electrons. The molecule has 0 amide bonds. The fraction of sp³-hybridized carbons (Fsp3) is 0.692. The third kappa shape index (κ3) is 3.39. The molecule has 0 bridgehead atoms. The van der Waals surface area contributed by atoms with Gasteiger partial charge in [0.25, 0.3) is 0 Å². The first-order valence-corrected chi connectivity index (χ1v) is 6.35. The van der Waals surface area contributed by atoms with E-state index in [1.807, 2.05) is 13.8 Å². The minimum absolute atomic E-state index is 0.354. The molecule has 0 aromatic carbocycles. The molecule has 19 heavy (non-hydrogen) atoms. The smallest absolute Gasteiger partial charge is 0.376 e. The predicted molar refractivity (Wildman–Crippen MR) is 70.2 cm³/mol.